The third kappa shape index (κ3) is 6.48. The first-order valence-electron chi connectivity index (χ1n) is 9.97. The van der Waals surface area contributed by atoms with Crippen molar-refractivity contribution < 1.29 is 19.0 Å². The first-order valence-corrected chi connectivity index (χ1v) is 9.97. The fourth-order valence-corrected chi connectivity index (χ4v) is 3.55. The predicted molar refractivity (Wildman–Crippen MR) is 104 cm³/mol. The van der Waals surface area contributed by atoms with E-state index in [0.29, 0.717) is 19.8 Å². The Morgan fingerprint density at radius 3 is 2.63 bits per heavy atom. The van der Waals surface area contributed by atoms with E-state index >= 15 is 0 Å². The number of piperidine rings is 1. The molecule has 2 fully saturated rings. The van der Waals surface area contributed by atoms with E-state index in [0.717, 1.165) is 50.7 Å². The quantitative estimate of drug-likeness (QED) is 0.730. The highest BCUT2D eigenvalue weighted by Crippen LogP contribution is 2.17. The van der Waals surface area contributed by atoms with Crippen LogP contribution in [-0.2, 0) is 20.8 Å². The van der Waals surface area contributed by atoms with Gasteiger partial charge in [0.2, 0.25) is 0 Å². The summed E-state index contributed by atoms with van der Waals surface area (Å²) in [5.41, 5.74) is 1.21. The average molecular weight is 376 g/mol. The Balaban J connectivity index is 1.39. The summed E-state index contributed by atoms with van der Waals surface area (Å²) in [6.07, 6.45) is 2.33. The Morgan fingerprint density at radius 1 is 1.22 bits per heavy atom. The Morgan fingerprint density at radius 2 is 1.96 bits per heavy atom. The van der Waals surface area contributed by atoms with Gasteiger partial charge in [0.25, 0.3) is 5.91 Å². The molecule has 27 heavy (non-hydrogen) atoms. The maximum atomic E-state index is 12.3. The van der Waals surface area contributed by atoms with E-state index in [-0.39, 0.29) is 18.6 Å². The van der Waals surface area contributed by atoms with Crippen molar-refractivity contribution in [3.63, 3.8) is 0 Å². The Kier molecular flexibility index (Phi) is 7.50. The normalized spacial score (nSPS) is 21.4. The number of rotatable bonds is 7. The molecule has 1 amide bonds. The molecule has 150 valence electrons. The first-order chi connectivity index (χ1) is 13.1. The van der Waals surface area contributed by atoms with Crippen molar-refractivity contribution >= 4 is 5.91 Å². The number of benzene rings is 1. The van der Waals surface area contributed by atoms with Crippen LogP contribution in [0.1, 0.15) is 25.3 Å². The molecule has 2 aliphatic rings. The molecule has 2 saturated heterocycles. The van der Waals surface area contributed by atoms with Gasteiger partial charge in [0.15, 0.2) is 6.61 Å². The molecule has 0 spiro atoms. The monoisotopic (exact) mass is 376 g/mol. The van der Waals surface area contributed by atoms with Gasteiger partial charge in [-0.15, -0.1) is 0 Å². The van der Waals surface area contributed by atoms with E-state index in [9.17, 15) is 4.79 Å². The van der Waals surface area contributed by atoms with Crippen LogP contribution in [0.2, 0.25) is 0 Å². The van der Waals surface area contributed by atoms with E-state index in [4.69, 9.17) is 14.2 Å². The van der Waals surface area contributed by atoms with Crippen LogP contribution >= 0.6 is 0 Å². The Labute approximate surface area is 162 Å². The summed E-state index contributed by atoms with van der Waals surface area (Å²) >= 11 is 0. The second-order valence-electron chi connectivity index (χ2n) is 7.76. The van der Waals surface area contributed by atoms with Gasteiger partial charge in [-0.25, -0.2) is 0 Å². The standard InChI is InChI=1S/C21H32N2O4/c1-17-7-9-23(10-8-17)21(24)16-27-19-5-3-18(4-6-19)13-22(2)14-20-15-25-11-12-26-20/h3-6,17,20H,7-16H2,1-2H3. The van der Waals surface area contributed by atoms with Crippen LogP contribution in [0.3, 0.4) is 0 Å². The van der Waals surface area contributed by atoms with Gasteiger partial charge >= 0.3 is 0 Å². The first kappa shape index (κ1) is 20.1. The van der Waals surface area contributed by atoms with E-state index in [1.165, 1.54) is 5.56 Å². The molecule has 2 heterocycles. The summed E-state index contributed by atoms with van der Waals surface area (Å²) in [5.74, 6) is 1.54. The van der Waals surface area contributed by atoms with E-state index in [2.05, 4.69) is 31.0 Å². The molecular formula is C21H32N2O4. The van der Waals surface area contributed by atoms with E-state index < -0.39 is 0 Å². The lowest BCUT2D eigenvalue weighted by Crippen LogP contribution is -2.40. The summed E-state index contributed by atoms with van der Waals surface area (Å²) in [7, 11) is 2.08. The van der Waals surface area contributed by atoms with Crippen molar-refractivity contribution in [2.24, 2.45) is 5.92 Å². The maximum absolute atomic E-state index is 12.3. The van der Waals surface area contributed by atoms with E-state index in [1.807, 2.05) is 17.0 Å². The zero-order chi connectivity index (χ0) is 19.1. The van der Waals surface area contributed by atoms with Gasteiger partial charge in [-0.3, -0.25) is 9.69 Å². The minimum absolute atomic E-state index is 0.0837. The van der Waals surface area contributed by atoms with Gasteiger partial charge in [0, 0.05) is 26.2 Å². The van der Waals surface area contributed by atoms with Gasteiger partial charge in [-0.2, -0.15) is 0 Å². The van der Waals surface area contributed by atoms with Crippen molar-refractivity contribution in [3.8, 4) is 5.75 Å². The average Bonchev–Trinajstić information content (AvgIpc) is 2.68. The molecule has 0 aromatic heterocycles. The van der Waals surface area contributed by atoms with Crippen molar-refractivity contribution in [2.75, 3.05) is 53.1 Å². The fourth-order valence-electron chi connectivity index (χ4n) is 3.55. The van der Waals surface area contributed by atoms with Crippen LogP contribution in [0.4, 0.5) is 0 Å². The third-order valence-electron chi connectivity index (χ3n) is 5.27. The molecule has 6 nitrogen and oxygen atoms in total. The number of carbonyl (C=O) groups excluding carboxylic acids is 1. The summed E-state index contributed by atoms with van der Waals surface area (Å²) in [4.78, 5) is 16.4. The summed E-state index contributed by atoms with van der Waals surface area (Å²) in [6, 6.07) is 7.98. The van der Waals surface area contributed by atoms with Gasteiger partial charge in [-0.05, 0) is 43.5 Å². The Bertz CT molecular complexity index is 578. The number of nitrogens with zero attached hydrogens (tertiary/aromatic N) is 2. The summed E-state index contributed by atoms with van der Waals surface area (Å²) < 4.78 is 16.8. The summed E-state index contributed by atoms with van der Waals surface area (Å²) in [6.45, 7) is 7.79. The lowest BCUT2D eigenvalue weighted by atomic mass is 9.99. The van der Waals surface area contributed by atoms with Crippen molar-refractivity contribution in [3.05, 3.63) is 29.8 Å². The number of likely N-dealkylation sites (N-methyl/N-ethyl adjacent to an activating group) is 1. The number of likely N-dealkylation sites (tertiary alicyclic amines) is 1. The zero-order valence-corrected chi connectivity index (χ0v) is 16.6. The van der Waals surface area contributed by atoms with Gasteiger partial charge in [0.05, 0.1) is 25.9 Å². The molecule has 1 atom stereocenters. The molecule has 0 radical (unpaired) electrons. The SMILES string of the molecule is CC1CCN(C(=O)COc2ccc(CN(C)CC3COCCO3)cc2)CC1. The highest BCUT2D eigenvalue weighted by atomic mass is 16.6. The number of hydrogen-bond donors (Lipinski definition) is 0. The molecule has 6 heteroatoms. The van der Waals surface area contributed by atoms with Crippen LogP contribution in [0, 0.1) is 5.92 Å². The largest absolute Gasteiger partial charge is 0.484 e. The molecule has 0 aliphatic carbocycles. The molecule has 0 bridgehead atoms. The molecule has 0 N–H and O–H groups in total. The number of carbonyl (C=O) groups is 1. The molecular weight excluding hydrogens is 344 g/mol. The van der Waals surface area contributed by atoms with Crippen LogP contribution in [-0.4, -0.2) is 74.9 Å². The van der Waals surface area contributed by atoms with Gasteiger partial charge < -0.3 is 19.1 Å². The van der Waals surface area contributed by atoms with Crippen molar-refractivity contribution in [1.82, 2.24) is 9.80 Å². The predicted octanol–water partition coefficient (Wildman–Crippen LogP) is 2.17. The lowest BCUT2D eigenvalue weighted by Gasteiger charge is -2.30. The van der Waals surface area contributed by atoms with Crippen molar-refractivity contribution in [2.45, 2.75) is 32.4 Å². The molecule has 0 saturated carbocycles. The maximum Gasteiger partial charge on any atom is 0.260 e. The lowest BCUT2D eigenvalue weighted by molar-refractivity contribution is -0.134. The topological polar surface area (TPSA) is 51.2 Å². The second kappa shape index (κ2) is 10.1. The minimum atomic E-state index is 0.0837. The second-order valence-corrected chi connectivity index (χ2v) is 7.76. The van der Waals surface area contributed by atoms with Crippen LogP contribution in [0.25, 0.3) is 0 Å². The van der Waals surface area contributed by atoms with Crippen LogP contribution in [0.15, 0.2) is 24.3 Å². The highest BCUT2D eigenvalue weighted by Gasteiger charge is 2.20. The van der Waals surface area contributed by atoms with Crippen LogP contribution in [0.5, 0.6) is 5.75 Å². The van der Waals surface area contributed by atoms with Gasteiger partial charge in [-0.1, -0.05) is 19.1 Å². The number of hydrogen-bond acceptors (Lipinski definition) is 5. The number of ether oxygens (including phenoxy) is 3. The zero-order valence-electron chi connectivity index (χ0n) is 16.6. The van der Waals surface area contributed by atoms with Crippen molar-refractivity contribution in [1.29, 1.82) is 0 Å². The fraction of sp³-hybridized carbons (Fsp3) is 0.667. The molecule has 1 unspecified atom stereocenters. The smallest absolute Gasteiger partial charge is 0.260 e. The summed E-state index contributed by atoms with van der Waals surface area (Å²) in [5, 5.41) is 0. The molecule has 2 aliphatic heterocycles. The number of amides is 1. The third-order valence-corrected chi connectivity index (χ3v) is 5.27. The van der Waals surface area contributed by atoms with Gasteiger partial charge in [0.1, 0.15) is 5.75 Å². The Hall–Kier alpha value is -1.63. The molecule has 3 rings (SSSR count). The highest BCUT2D eigenvalue weighted by molar-refractivity contribution is 5.77. The van der Waals surface area contributed by atoms with Crippen LogP contribution < -0.4 is 4.74 Å². The minimum Gasteiger partial charge on any atom is -0.484 e. The molecule has 1 aromatic carbocycles. The molecule has 1 aromatic rings. The van der Waals surface area contributed by atoms with E-state index in [1.54, 1.807) is 0 Å².